The van der Waals surface area contributed by atoms with Crippen LogP contribution in [0.2, 0.25) is 0 Å². The largest absolute Gasteiger partial charge is 0.393 e. The predicted molar refractivity (Wildman–Crippen MR) is 67.4 cm³/mol. The lowest BCUT2D eigenvalue weighted by atomic mass is 10.2. The van der Waals surface area contributed by atoms with Crippen LogP contribution in [0.1, 0.15) is 26.2 Å². The van der Waals surface area contributed by atoms with Crippen LogP contribution in [-0.4, -0.2) is 38.4 Å². The molecule has 0 radical (unpaired) electrons. The van der Waals surface area contributed by atoms with Gasteiger partial charge in [-0.05, 0) is 12.8 Å². The Morgan fingerprint density at radius 3 is 3.00 bits per heavy atom. The fourth-order valence-corrected chi connectivity index (χ4v) is 1.46. The molecule has 0 aliphatic rings. The Bertz CT molecular complexity index is 432. The molecule has 1 aromatic heterocycles. The van der Waals surface area contributed by atoms with E-state index in [0.29, 0.717) is 19.4 Å². The Labute approximate surface area is 110 Å². The van der Waals surface area contributed by atoms with Crippen LogP contribution in [0.4, 0.5) is 5.69 Å². The molecule has 1 aromatic rings. The van der Waals surface area contributed by atoms with E-state index < -0.39 is 11.0 Å². The Morgan fingerprint density at radius 1 is 1.68 bits per heavy atom. The topological polar surface area (TPSA) is 110 Å². The molecule has 0 fully saturated rings. The quantitative estimate of drug-likeness (QED) is 0.526. The lowest BCUT2D eigenvalue weighted by molar-refractivity contribution is -0.385. The first-order valence-electron chi connectivity index (χ1n) is 6.14. The average Bonchev–Trinajstić information content (AvgIpc) is 2.85. The van der Waals surface area contributed by atoms with E-state index in [4.69, 9.17) is 0 Å². The Balaban J connectivity index is 2.24. The fraction of sp³-hybridized carbons (Fsp3) is 0.636. The number of amides is 1. The van der Waals surface area contributed by atoms with E-state index in [1.807, 2.05) is 6.92 Å². The summed E-state index contributed by atoms with van der Waals surface area (Å²) >= 11 is 0. The predicted octanol–water partition coefficient (Wildman–Crippen LogP) is 0.459. The van der Waals surface area contributed by atoms with Gasteiger partial charge in [-0.15, -0.1) is 0 Å². The molecule has 8 nitrogen and oxygen atoms in total. The van der Waals surface area contributed by atoms with E-state index >= 15 is 0 Å². The summed E-state index contributed by atoms with van der Waals surface area (Å²) in [5, 5.41) is 26.2. The summed E-state index contributed by atoms with van der Waals surface area (Å²) in [7, 11) is 0. The van der Waals surface area contributed by atoms with Gasteiger partial charge >= 0.3 is 5.69 Å². The van der Waals surface area contributed by atoms with Gasteiger partial charge in [0.15, 0.2) is 0 Å². The summed E-state index contributed by atoms with van der Waals surface area (Å²) in [5.41, 5.74) is -0.0912. The summed E-state index contributed by atoms with van der Waals surface area (Å²) in [6.07, 6.45) is 3.42. The summed E-state index contributed by atoms with van der Waals surface area (Å²) in [6, 6.07) is 0. The highest BCUT2D eigenvalue weighted by molar-refractivity contribution is 5.75. The molecule has 1 amide bonds. The van der Waals surface area contributed by atoms with Crippen molar-refractivity contribution in [3.8, 4) is 0 Å². The number of carbonyl (C=O) groups is 1. The fourth-order valence-electron chi connectivity index (χ4n) is 1.46. The smallest absolute Gasteiger partial charge is 0.306 e. The molecule has 0 aromatic carbocycles. The molecule has 0 saturated carbocycles. The van der Waals surface area contributed by atoms with E-state index in [1.54, 1.807) is 0 Å². The molecule has 0 bridgehead atoms. The molecular formula is C11H18N4O4. The maximum absolute atomic E-state index is 11.5. The van der Waals surface area contributed by atoms with Crippen LogP contribution in [0.25, 0.3) is 0 Å². The number of aliphatic hydroxyl groups excluding tert-OH is 1. The van der Waals surface area contributed by atoms with E-state index in [9.17, 15) is 20.0 Å². The first kappa shape index (κ1) is 15.1. The summed E-state index contributed by atoms with van der Waals surface area (Å²) in [6.45, 7) is 2.58. The van der Waals surface area contributed by atoms with E-state index in [2.05, 4.69) is 10.4 Å². The van der Waals surface area contributed by atoms with Crippen LogP contribution in [0.5, 0.6) is 0 Å². The lowest BCUT2D eigenvalue weighted by Crippen LogP contribution is -2.27. The second kappa shape index (κ2) is 7.47. The van der Waals surface area contributed by atoms with Crippen molar-refractivity contribution in [1.29, 1.82) is 0 Å². The van der Waals surface area contributed by atoms with E-state index in [1.165, 1.54) is 10.9 Å². The molecule has 1 atom stereocenters. The highest BCUT2D eigenvalue weighted by Gasteiger charge is 2.09. The number of nitro groups is 1. The minimum absolute atomic E-state index is 0.0912. The second-order valence-corrected chi connectivity index (χ2v) is 4.17. The molecule has 1 unspecified atom stereocenters. The van der Waals surface area contributed by atoms with Gasteiger partial charge in [0.2, 0.25) is 5.91 Å². The molecule has 106 valence electrons. The van der Waals surface area contributed by atoms with E-state index in [0.717, 1.165) is 6.20 Å². The summed E-state index contributed by atoms with van der Waals surface area (Å²) in [5.74, 6) is -0.165. The van der Waals surface area contributed by atoms with Gasteiger partial charge in [0.05, 0.1) is 11.0 Å². The van der Waals surface area contributed by atoms with E-state index in [-0.39, 0.29) is 24.6 Å². The van der Waals surface area contributed by atoms with Crippen LogP contribution in [0.3, 0.4) is 0 Å². The highest BCUT2D eigenvalue weighted by Crippen LogP contribution is 2.07. The molecule has 19 heavy (non-hydrogen) atoms. The van der Waals surface area contributed by atoms with Gasteiger partial charge in [-0.25, -0.2) is 0 Å². The number of aromatic nitrogens is 2. The molecule has 0 aliphatic heterocycles. The van der Waals surface area contributed by atoms with Crippen LogP contribution in [0, 0.1) is 10.1 Å². The Kier molecular flexibility index (Phi) is 5.94. The zero-order valence-corrected chi connectivity index (χ0v) is 10.8. The normalized spacial score (nSPS) is 12.1. The van der Waals surface area contributed by atoms with Gasteiger partial charge in [-0.2, -0.15) is 5.10 Å². The maximum Gasteiger partial charge on any atom is 0.306 e. The molecular weight excluding hydrogens is 252 g/mol. The molecule has 2 N–H and O–H groups in total. The molecule has 1 rings (SSSR count). The molecule has 8 heteroatoms. The average molecular weight is 270 g/mol. The monoisotopic (exact) mass is 270 g/mol. The second-order valence-electron chi connectivity index (χ2n) is 4.17. The number of hydrogen-bond donors (Lipinski definition) is 2. The van der Waals surface area contributed by atoms with Crippen molar-refractivity contribution in [2.24, 2.45) is 0 Å². The SMILES string of the molecule is CCC(O)CCNC(=O)CCn1cc([N+](=O)[O-])cn1. The first-order valence-corrected chi connectivity index (χ1v) is 6.14. The third-order valence-electron chi connectivity index (χ3n) is 2.67. The number of nitrogens with zero attached hydrogens (tertiary/aromatic N) is 3. The van der Waals surface area contributed by atoms with Gasteiger partial charge in [-0.3, -0.25) is 19.6 Å². The van der Waals surface area contributed by atoms with Gasteiger partial charge < -0.3 is 10.4 Å². The number of rotatable bonds is 8. The van der Waals surface area contributed by atoms with Crippen molar-refractivity contribution >= 4 is 11.6 Å². The van der Waals surface area contributed by atoms with Crippen LogP contribution < -0.4 is 5.32 Å². The Morgan fingerprint density at radius 2 is 2.42 bits per heavy atom. The molecule has 1 heterocycles. The zero-order valence-electron chi connectivity index (χ0n) is 10.8. The lowest BCUT2D eigenvalue weighted by Gasteiger charge is -2.08. The molecule has 0 aliphatic carbocycles. The van der Waals surface area contributed by atoms with Crippen LogP contribution in [-0.2, 0) is 11.3 Å². The van der Waals surface area contributed by atoms with Crippen LogP contribution >= 0.6 is 0 Å². The summed E-state index contributed by atoms with van der Waals surface area (Å²) in [4.78, 5) is 21.4. The zero-order chi connectivity index (χ0) is 14.3. The van der Waals surface area contributed by atoms with Gasteiger partial charge in [-0.1, -0.05) is 6.92 Å². The van der Waals surface area contributed by atoms with Gasteiger partial charge in [0.1, 0.15) is 12.4 Å². The minimum atomic E-state index is -0.532. The van der Waals surface area contributed by atoms with Crippen molar-refractivity contribution < 1.29 is 14.8 Å². The first-order chi connectivity index (χ1) is 9.02. The van der Waals surface area contributed by atoms with Crippen molar-refractivity contribution in [1.82, 2.24) is 15.1 Å². The highest BCUT2D eigenvalue weighted by atomic mass is 16.6. The third-order valence-corrected chi connectivity index (χ3v) is 2.67. The number of carbonyl (C=O) groups excluding carboxylic acids is 1. The van der Waals surface area contributed by atoms with Crippen molar-refractivity contribution in [2.75, 3.05) is 6.54 Å². The number of nitrogens with one attached hydrogen (secondary N) is 1. The molecule has 0 spiro atoms. The number of hydrogen-bond acceptors (Lipinski definition) is 5. The minimum Gasteiger partial charge on any atom is -0.393 e. The summed E-state index contributed by atoms with van der Waals surface area (Å²) < 4.78 is 1.36. The van der Waals surface area contributed by atoms with Crippen molar-refractivity contribution in [3.63, 3.8) is 0 Å². The van der Waals surface area contributed by atoms with Gasteiger partial charge in [0.25, 0.3) is 0 Å². The number of aryl methyl sites for hydroxylation is 1. The number of aliphatic hydroxyl groups is 1. The third kappa shape index (κ3) is 5.47. The van der Waals surface area contributed by atoms with Crippen LogP contribution in [0.15, 0.2) is 12.4 Å². The van der Waals surface area contributed by atoms with Gasteiger partial charge in [0, 0.05) is 19.5 Å². The Hall–Kier alpha value is -1.96. The van der Waals surface area contributed by atoms with Crippen molar-refractivity contribution in [2.45, 2.75) is 38.8 Å². The standard InChI is InChI=1S/C11H18N4O4/c1-2-10(16)3-5-12-11(17)4-6-14-8-9(7-13-14)15(18)19/h7-8,10,16H,2-6H2,1H3,(H,12,17). The molecule has 0 saturated heterocycles. The maximum atomic E-state index is 11.5. The van der Waals surface area contributed by atoms with Crippen molar-refractivity contribution in [3.05, 3.63) is 22.5 Å².